The Labute approximate surface area is 292 Å². The smallest absolute Gasteiger partial charge is 0.335 e. The van der Waals surface area contributed by atoms with Crippen molar-refractivity contribution in [1.82, 2.24) is 0 Å². The number of benzene rings is 6. The second-order valence-corrected chi connectivity index (χ2v) is 12.1. The zero-order valence-electron chi connectivity index (χ0n) is 28.4. The van der Waals surface area contributed by atoms with Crippen LogP contribution in [0.3, 0.4) is 0 Å². The molecule has 0 unspecified atom stereocenters. The first kappa shape index (κ1) is 34.1. The number of hydrogen-bond acceptors (Lipinski definition) is 10. The van der Waals surface area contributed by atoms with E-state index in [1.807, 2.05) is 50.2 Å². The summed E-state index contributed by atoms with van der Waals surface area (Å²) in [7, 11) is 1.46. The lowest BCUT2D eigenvalue weighted by Crippen LogP contribution is -2.05. The Morgan fingerprint density at radius 1 is 0.706 bits per heavy atom. The number of carbonyl (C=O) groups excluding carboxylic acids is 1. The maximum absolute atomic E-state index is 12.2. The van der Waals surface area contributed by atoms with Crippen molar-refractivity contribution in [2.75, 3.05) is 17.7 Å². The first-order chi connectivity index (χ1) is 24.4. The van der Waals surface area contributed by atoms with Gasteiger partial charge in [-0.05, 0) is 109 Å². The molecule has 0 bridgehead atoms. The maximum Gasteiger partial charge on any atom is 0.335 e. The molecule has 12 nitrogen and oxygen atoms in total. The second-order valence-electron chi connectivity index (χ2n) is 12.1. The van der Waals surface area contributed by atoms with E-state index in [9.17, 15) is 24.9 Å². The van der Waals surface area contributed by atoms with Gasteiger partial charge in [-0.3, -0.25) is 4.79 Å². The normalized spacial score (nSPS) is 11.5. The van der Waals surface area contributed by atoms with E-state index in [0.717, 1.165) is 21.9 Å². The fraction of sp³-hybridized carbons (Fsp3) is 0.128. The molecule has 0 saturated heterocycles. The molecule has 0 radical (unpaired) electrons. The van der Waals surface area contributed by atoms with Crippen molar-refractivity contribution < 1.29 is 29.6 Å². The number of carbonyl (C=O) groups is 2. The number of azo groups is 2. The number of rotatable bonds is 9. The Hall–Kier alpha value is -6.82. The molecular weight excluding hydrogens is 648 g/mol. The average molecular weight is 683 g/mol. The van der Waals surface area contributed by atoms with Crippen molar-refractivity contribution in [3.8, 4) is 17.2 Å². The Morgan fingerprint density at radius 3 is 2.06 bits per heavy atom. The third-order valence-electron chi connectivity index (χ3n) is 8.13. The quantitative estimate of drug-likeness (QED) is 0.0941. The van der Waals surface area contributed by atoms with E-state index >= 15 is 0 Å². The highest BCUT2D eigenvalue weighted by molar-refractivity contribution is 5.99. The van der Waals surface area contributed by atoms with Gasteiger partial charge in [0.2, 0.25) is 5.91 Å². The van der Waals surface area contributed by atoms with Crippen molar-refractivity contribution in [2.45, 2.75) is 27.7 Å². The Kier molecular flexibility index (Phi) is 9.32. The molecule has 51 heavy (non-hydrogen) atoms. The molecule has 0 aromatic heterocycles. The number of carboxylic acids is 1. The molecule has 0 spiro atoms. The number of ether oxygens (including phenoxy) is 1. The lowest BCUT2D eigenvalue weighted by Gasteiger charge is -2.12. The summed E-state index contributed by atoms with van der Waals surface area (Å²) < 4.78 is 5.62. The molecule has 0 aliphatic heterocycles. The topological polar surface area (TPSA) is 178 Å². The standard InChI is InChI=1S/C39H34N6O6/c1-20-12-26-13-21(2)15-34(47)36(26)33(14-20)44-42-31-19-35(51-5)32(18-30(31)40-23(4)46)43-45-37-22(3)16-25-8-11-28(17-29(25)38(37)48)41-27-9-6-24(7-10-27)39(49)50/h6-19,41,47-48H,1-5H3,(H,40,46)(H,49,50). The number of nitrogens with zero attached hydrogens (tertiary/aromatic N) is 4. The summed E-state index contributed by atoms with van der Waals surface area (Å²) >= 11 is 0. The Bertz CT molecular complexity index is 2420. The van der Waals surface area contributed by atoms with Crippen LogP contribution in [0.25, 0.3) is 21.5 Å². The van der Waals surface area contributed by atoms with Crippen LogP contribution in [-0.2, 0) is 4.79 Å². The van der Waals surface area contributed by atoms with Gasteiger partial charge < -0.3 is 30.7 Å². The average Bonchev–Trinajstić information content (AvgIpc) is 3.07. The van der Waals surface area contributed by atoms with Gasteiger partial charge in [0.25, 0.3) is 0 Å². The van der Waals surface area contributed by atoms with Crippen molar-refractivity contribution in [3.05, 3.63) is 107 Å². The number of hydrogen-bond donors (Lipinski definition) is 5. The van der Waals surface area contributed by atoms with Gasteiger partial charge in [-0.15, -0.1) is 20.5 Å². The second kappa shape index (κ2) is 14.0. The van der Waals surface area contributed by atoms with E-state index in [0.29, 0.717) is 39.1 Å². The number of nitrogens with one attached hydrogen (secondary N) is 2. The molecule has 12 heteroatoms. The monoisotopic (exact) mass is 682 g/mol. The summed E-state index contributed by atoms with van der Waals surface area (Å²) in [6, 6.07) is 24.2. The van der Waals surface area contributed by atoms with Gasteiger partial charge in [0.1, 0.15) is 28.6 Å². The fourth-order valence-corrected chi connectivity index (χ4v) is 5.79. The van der Waals surface area contributed by atoms with E-state index in [1.54, 1.807) is 43.3 Å². The number of phenolic OH excluding ortho intramolecular Hbond substituents is 2. The molecule has 0 aliphatic rings. The Morgan fingerprint density at radius 2 is 1.37 bits per heavy atom. The molecule has 1 amide bonds. The highest BCUT2D eigenvalue weighted by atomic mass is 16.5. The molecule has 0 saturated carbocycles. The minimum Gasteiger partial charge on any atom is -0.507 e. The Balaban J connectivity index is 1.36. The maximum atomic E-state index is 12.2. The summed E-state index contributed by atoms with van der Waals surface area (Å²) in [5.74, 6) is -1.08. The SMILES string of the molecule is COc1cc(N=Nc2cc(C)cc3cc(C)cc(O)c23)c(NC(C)=O)cc1N=Nc1c(C)cc2ccc(Nc3ccc(C(=O)O)cc3)cc2c1O. The van der Waals surface area contributed by atoms with Crippen LogP contribution in [0.15, 0.2) is 105 Å². The van der Waals surface area contributed by atoms with Crippen molar-refractivity contribution in [1.29, 1.82) is 0 Å². The van der Waals surface area contributed by atoms with Gasteiger partial charge in [0.05, 0.1) is 29.4 Å². The van der Waals surface area contributed by atoms with E-state index in [-0.39, 0.29) is 45.8 Å². The lowest BCUT2D eigenvalue weighted by molar-refractivity contribution is -0.114. The fourth-order valence-electron chi connectivity index (χ4n) is 5.79. The molecule has 0 heterocycles. The van der Waals surface area contributed by atoms with Crippen LogP contribution in [0, 0.1) is 20.8 Å². The largest absolute Gasteiger partial charge is 0.507 e. The minimum atomic E-state index is -1.01. The van der Waals surface area contributed by atoms with Gasteiger partial charge in [-0.1, -0.05) is 18.2 Å². The van der Waals surface area contributed by atoms with Crippen LogP contribution in [0.4, 0.5) is 39.8 Å². The van der Waals surface area contributed by atoms with Gasteiger partial charge >= 0.3 is 5.97 Å². The summed E-state index contributed by atoms with van der Waals surface area (Å²) in [5.41, 5.74) is 5.56. The number of methoxy groups -OCH3 is 1. The zero-order valence-corrected chi connectivity index (χ0v) is 28.4. The van der Waals surface area contributed by atoms with Crippen molar-refractivity contribution in [3.63, 3.8) is 0 Å². The highest BCUT2D eigenvalue weighted by Crippen LogP contribution is 2.44. The molecular formula is C39H34N6O6. The number of aryl methyl sites for hydroxylation is 3. The molecule has 6 rings (SSSR count). The molecule has 0 fully saturated rings. The molecule has 0 atom stereocenters. The summed E-state index contributed by atoms with van der Waals surface area (Å²) in [4.78, 5) is 23.4. The third-order valence-corrected chi connectivity index (χ3v) is 8.13. The van der Waals surface area contributed by atoms with Crippen LogP contribution in [0.5, 0.6) is 17.2 Å². The van der Waals surface area contributed by atoms with Crippen molar-refractivity contribution in [2.24, 2.45) is 20.5 Å². The zero-order chi connectivity index (χ0) is 36.4. The van der Waals surface area contributed by atoms with Crippen LogP contribution < -0.4 is 15.4 Å². The van der Waals surface area contributed by atoms with Crippen LogP contribution >= 0.6 is 0 Å². The summed E-state index contributed by atoms with van der Waals surface area (Å²) in [5, 5.41) is 57.6. The number of carboxylic acid groups (broad SMARTS) is 1. The van der Waals surface area contributed by atoms with Gasteiger partial charge in [0.15, 0.2) is 5.75 Å². The first-order valence-corrected chi connectivity index (χ1v) is 15.8. The number of amides is 1. The van der Waals surface area contributed by atoms with E-state index in [2.05, 4.69) is 31.1 Å². The predicted molar refractivity (Wildman–Crippen MR) is 198 cm³/mol. The lowest BCUT2D eigenvalue weighted by atomic mass is 10.0. The first-order valence-electron chi connectivity index (χ1n) is 15.8. The van der Waals surface area contributed by atoms with E-state index in [1.165, 1.54) is 26.2 Å². The highest BCUT2D eigenvalue weighted by Gasteiger charge is 2.16. The number of anilines is 3. The molecule has 256 valence electrons. The van der Waals surface area contributed by atoms with E-state index < -0.39 is 5.97 Å². The van der Waals surface area contributed by atoms with Crippen LogP contribution in [0.2, 0.25) is 0 Å². The van der Waals surface area contributed by atoms with E-state index in [4.69, 9.17) is 4.74 Å². The van der Waals surface area contributed by atoms with Crippen molar-refractivity contribution >= 4 is 73.2 Å². The van der Waals surface area contributed by atoms with Crippen LogP contribution in [0.1, 0.15) is 34.0 Å². The summed E-state index contributed by atoms with van der Waals surface area (Å²) in [6.07, 6.45) is 0. The minimum absolute atomic E-state index is 0.0846. The molecule has 5 N–H and O–H groups in total. The predicted octanol–water partition coefficient (Wildman–Crippen LogP) is 10.6. The molecule has 6 aromatic rings. The molecule has 0 aliphatic carbocycles. The van der Waals surface area contributed by atoms with Gasteiger partial charge in [0, 0.05) is 29.8 Å². The summed E-state index contributed by atoms with van der Waals surface area (Å²) in [6.45, 7) is 7.00. The number of aromatic hydroxyl groups is 2. The number of aromatic carboxylic acids is 1. The number of phenols is 2. The van der Waals surface area contributed by atoms with Crippen LogP contribution in [-0.4, -0.2) is 34.3 Å². The molecule has 6 aromatic carbocycles. The number of fused-ring (bicyclic) bond motifs is 2. The van der Waals surface area contributed by atoms with Gasteiger partial charge in [-0.2, -0.15) is 0 Å². The third kappa shape index (κ3) is 7.30. The van der Waals surface area contributed by atoms with Gasteiger partial charge in [-0.25, -0.2) is 4.79 Å².